The molecule has 1 aromatic heterocycles. The van der Waals surface area contributed by atoms with Crippen LogP contribution in [-0.2, 0) is 0 Å². The number of carbonyl (C=O) groups excluding carboxylic acids is 1. The van der Waals surface area contributed by atoms with E-state index in [0.29, 0.717) is 22.0 Å². The third-order valence-electron chi connectivity index (χ3n) is 3.77. The lowest BCUT2D eigenvalue weighted by Crippen LogP contribution is -2.22. The van der Waals surface area contributed by atoms with Crippen LogP contribution >= 0.6 is 23.4 Å². The van der Waals surface area contributed by atoms with Gasteiger partial charge in [0.05, 0.1) is 15.6 Å². The topological polar surface area (TPSA) is 39.1 Å². The summed E-state index contributed by atoms with van der Waals surface area (Å²) in [7, 11) is 0. The number of nitrogens with zero attached hydrogens (tertiary/aromatic N) is 1. The molecule has 3 aromatic rings. The number of halogens is 2. The van der Waals surface area contributed by atoms with E-state index in [1.54, 1.807) is 0 Å². The molecule has 0 unspecified atom stereocenters. The summed E-state index contributed by atoms with van der Waals surface area (Å²) in [6.45, 7) is 1.94. The molecule has 0 saturated heterocycles. The van der Waals surface area contributed by atoms with E-state index >= 15 is 0 Å². The average molecular weight is 388 g/mol. The van der Waals surface area contributed by atoms with Crippen molar-refractivity contribution in [1.29, 1.82) is 0 Å². The molecule has 2 aromatic carbocycles. The Bertz CT molecular complexity index is 1020. The molecule has 0 spiro atoms. The summed E-state index contributed by atoms with van der Waals surface area (Å²) in [5, 5.41) is 0.438. The number of para-hydroxylation sites is 1. The van der Waals surface area contributed by atoms with Crippen molar-refractivity contribution < 1.29 is 9.18 Å². The number of hydrogen-bond acceptors (Lipinski definition) is 3. The minimum atomic E-state index is -0.583. The van der Waals surface area contributed by atoms with E-state index in [-0.39, 0.29) is 21.9 Å². The summed E-state index contributed by atoms with van der Waals surface area (Å²) in [6.07, 6.45) is 0. The molecular weight excluding hydrogens is 373 g/mol. The van der Waals surface area contributed by atoms with Crippen LogP contribution in [0.2, 0.25) is 5.02 Å². The summed E-state index contributed by atoms with van der Waals surface area (Å²) in [4.78, 5) is 25.5. The van der Waals surface area contributed by atoms with E-state index in [4.69, 9.17) is 11.6 Å². The molecular formula is C20H15ClFNO2S. The van der Waals surface area contributed by atoms with Crippen molar-refractivity contribution in [2.24, 2.45) is 0 Å². The number of ketones is 1. The summed E-state index contributed by atoms with van der Waals surface area (Å²) in [6, 6.07) is 15.9. The second kappa shape index (κ2) is 7.89. The van der Waals surface area contributed by atoms with Gasteiger partial charge in [-0.15, -0.1) is 11.8 Å². The standard InChI is InChI=1S/C20H15ClFNO2S/c1-2-26-20-15(19(25)13-8-10-17(22)16(21)12-13)9-11-18(24)23(20)14-6-4-3-5-7-14/h3-12H,2H2,1H3. The van der Waals surface area contributed by atoms with E-state index < -0.39 is 5.82 Å². The number of aromatic nitrogens is 1. The van der Waals surface area contributed by atoms with E-state index in [1.165, 1.54) is 40.6 Å². The predicted octanol–water partition coefficient (Wildman–Crippen LogP) is 4.97. The van der Waals surface area contributed by atoms with Gasteiger partial charge in [0.1, 0.15) is 5.82 Å². The van der Waals surface area contributed by atoms with Gasteiger partial charge in [-0.05, 0) is 42.2 Å². The first-order valence-corrected chi connectivity index (χ1v) is 9.33. The van der Waals surface area contributed by atoms with Crippen LogP contribution in [0.4, 0.5) is 4.39 Å². The third kappa shape index (κ3) is 3.59. The highest BCUT2D eigenvalue weighted by atomic mass is 35.5. The van der Waals surface area contributed by atoms with E-state index in [9.17, 15) is 14.0 Å². The molecule has 0 N–H and O–H groups in total. The van der Waals surface area contributed by atoms with E-state index in [1.807, 2.05) is 37.3 Å². The molecule has 0 aliphatic heterocycles. The van der Waals surface area contributed by atoms with Gasteiger partial charge < -0.3 is 0 Å². The van der Waals surface area contributed by atoms with E-state index in [0.717, 1.165) is 6.07 Å². The molecule has 3 nitrogen and oxygen atoms in total. The Morgan fingerprint density at radius 3 is 2.50 bits per heavy atom. The van der Waals surface area contributed by atoms with Gasteiger partial charge in [-0.2, -0.15) is 0 Å². The van der Waals surface area contributed by atoms with Crippen molar-refractivity contribution in [3.63, 3.8) is 0 Å². The highest BCUT2D eigenvalue weighted by molar-refractivity contribution is 7.99. The first-order valence-electron chi connectivity index (χ1n) is 7.97. The van der Waals surface area contributed by atoms with Crippen molar-refractivity contribution >= 4 is 29.1 Å². The van der Waals surface area contributed by atoms with Crippen LogP contribution in [0.15, 0.2) is 70.5 Å². The van der Waals surface area contributed by atoms with Crippen molar-refractivity contribution in [2.45, 2.75) is 11.9 Å². The lowest BCUT2D eigenvalue weighted by Gasteiger charge is -2.15. The Hall–Kier alpha value is -2.37. The van der Waals surface area contributed by atoms with Gasteiger partial charge in [0.15, 0.2) is 5.78 Å². The number of carbonyl (C=O) groups is 1. The SMILES string of the molecule is CCSc1c(C(=O)c2ccc(F)c(Cl)c2)ccc(=O)n1-c1ccccc1. The molecule has 0 amide bonds. The minimum Gasteiger partial charge on any atom is -0.289 e. The fourth-order valence-corrected chi connectivity index (χ4v) is 3.68. The number of pyridine rings is 1. The Labute approximate surface area is 159 Å². The molecule has 0 aliphatic rings. The second-order valence-corrected chi connectivity index (χ2v) is 7.11. The number of thioether (sulfide) groups is 1. The second-order valence-electron chi connectivity index (χ2n) is 5.45. The van der Waals surface area contributed by atoms with Crippen molar-refractivity contribution in [3.8, 4) is 5.69 Å². The molecule has 0 atom stereocenters. The van der Waals surface area contributed by atoms with Crippen molar-refractivity contribution in [2.75, 3.05) is 5.75 Å². The van der Waals surface area contributed by atoms with Crippen LogP contribution in [0.25, 0.3) is 5.69 Å². The van der Waals surface area contributed by atoms with Crippen LogP contribution in [0.5, 0.6) is 0 Å². The highest BCUT2D eigenvalue weighted by Gasteiger charge is 2.19. The van der Waals surface area contributed by atoms with Gasteiger partial charge in [0, 0.05) is 17.3 Å². The third-order valence-corrected chi connectivity index (χ3v) is 5.02. The van der Waals surface area contributed by atoms with Crippen LogP contribution in [0, 0.1) is 5.82 Å². The lowest BCUT2D eigenvalue weighted by atomic mass is 10.0. The van der Waals surface area contributed by atoms with Crippen LogP contribution in [0.1, 0.15) is 22.8 Å². The number of rotatable bonds is 5. The Balaban J connectivity index is 2.20. The normalized spacial score (nSPS) is 10.7. The Morgan fingerprint density at radius 1 is 1.12 bits per heavy atom. The number of hydrogen-bond donors (Lipinski definition) is 0. The zero-order chi connectivity index (χ0) is 18.7. The summed E-state index contributed by atoms with van der Waals surface area (Å²) < 4.78 is 14.9. The van der Waals surface area contributed by atoms with Gasteiger partial charge in [0.25, 0.3) is 5.56 Å². The molecule has 0 bridgehead atoms. The average Bonchev–Trinajstić information content (AvgIpc) is 2.65. The molecule has 6 heteroatoms. The van der Waals surface area contributed by atoms with Crippen LogP contribution < -0.4 is 5.56 Å². The molecule has 0 saturated carbocycles. The van der Waals surface area contributed by atoms with Crippen molar-refractivity contribution in [3.05, 3.63) is 93.0 Å². The van der Waals surface area contributed by atoms with Crippen molar-refractivity contribution in [1.82, 2.24) is 4.57 Å². The molecule has 0 aliphatic carbocycles. The maximum Gasteiger partial charge on any atom is 0.255 e. The zero-order valence-corrected chi connectivity index (χ0v) is 15.5. The maximum atomic E-state index is 13.4. The molecule has 0 fully saturated rings. The van der Waals surface area contributed by atoms with Crippen LogP contribution in [0.3, 0.4) is 0 Å². The largest absolute Gasteiger partial charge is 0.289 e. The fourth-order valence-electron chi connectivity index (χ4n) is 2.59. The van der Waals surface area contributed by atoms with Gasteiger partial charge in [0.2, 0.25) is 0 Å². The van der Waals surface area contributed by atoms with E-state index in [2.05, 4.69) is 0 Å². The van der Waals surface area contributed by atoms with Crippen LogP contribution in [-0.4, -0.2) is 16.1 Å². The van der Waals surface area contributed by atoms with Gasteiger partial charge in [-0.25, -0.2) is 4.39 Å². The molecule has 3 rings (SSSR count). The fraction of sp³-hybridized carbons (Fsp3) is 0.100. The molecule has 0 radical (unpaired) electrons. The Morgan fingerprint density at radius 2 is 1.85 bits per heavy atom. The highest BCUT2D eigenvalue weighted by Crippen LogP contribution is 2.27. The first-order chi connectivity index (χ1) is 12.5. The van der Waals surface area contributed by atoms with Gasteiger partial charge >= 0.3 is 0 Å². The smallest absolute Gasteiger partial charge is 0.255 e. The number of benzene rings is 2. The van der Waals surface area contributed by atoms with Gasteiger partial charge in [-0.1, -0.05) is 36.7 Å². The molecule has 26 heavy (non-hydrogen) atoms. The van der Waals surface area contributed by atoms with Gasteiger partial charge in [-0.3, -0.25) is 14.2 Å². The lowest BCUT2D eigenvalue weighted by molar-refractivity contribution is 0.103. The summed E-state index contributed by atoms with van der Waals surface area (Å²) in [5.74, 6) is -0.214. The minimum absolute atomic E-state index is 0.114. The maximum absolute atomic E-state index is 13.4. The molecule has 132 valence electrons. The zero-order valence-electron chi connectivity index (χ0n) is 13.9. The first kappa shape index (κ1) is 18.4. The predicted molar refractivity (Wildman–Crippen MR) is 103 cm³/mol. The quantitative estimate of drug-likeness (QED) is 0.458. The molecule has 1 heterocycles. The summed E-state index contributed by atoms with van der Waals surface area (Å²) in [5.41, 5.74) is 1.11. The monoisotopic (exact) mass is 387 g/mol. The summed E-state index contributed by atoms with van der Waals surface area (Å²) >= 11 is 7.21. The Kier molecular flexibility index (Phi) is 5.59.